The molecule has 0 amide bonds. The molecule has 7 atom stereocenters. The maximum absolute atomic E-state index is 13.2. The van der Waals surface area contributed by atoms with E-state index in [-0.39, 0.29) is 30.2 Å². The van der Waals surface area contributed by atoms with Gasteiger partial charge in [0, 0.05) is 11.8 Å². The molecule has 0 spiro atoms. The zero-order valence-electron chi connectivity index (χ0n) is 21.0. The molecule has 2 saturated carbocycles. The van der Waals surface area contributed by atoms with Gasteiger partial charge < -0.3 is 33.2 Å². The van der Waals surface area contributed by atoms with Crippen LogP contribution in [0.2, 0.25) is 0 Å². The summed E-state index contributed by atoms with van der Waals surface area (Å²) in [6, 6.07) is 2.13. The fourth-order valence-corrected chi connectivity index (χ4v) is 8.13. The zero-order chi connectivity index (χ0) is 24.5. The molecular formula is C27H40O8. The highest BCUT2D eigenvalue weighted by Gasteiger charge is 2.70. The number of ether oxygens (including phenoxy) is 5. The van der Waals surface area contributed by atoms with Gasteiger partial charge in [0.1, 0.15) is 5.76 Å². The molecule has 196 valence electrons. The molecule has 0 radical (unpaired) electrons. The Balaban J connectivity index is 1.38. The zero-order valence-corrected chi connectivity index (χ0v) is 21.0. The van der Waals surface area contributed by atoms with E-state index in [4.69, 9.17) is 33.2 Å². The van der Waals surface area contributed by atoms with E-state index in [2.05, 4.69) is 13.0 Å². The van der Waals surface area contributed by atoms with Crippen molar-refractivity contribution in [1.29, 1.82) is 0 Å². The standard InChI is InChI=1S/C27H40O8/c1-18-19-4-5-23-26(24(29)30-2)7-3-8-27(23,21(19)16-22-20(18)6-10-33-22)25(35-17-26)34-15-14-32-13-12-31-11-9-28/h6,10,18-19,21,23,25,28H,3-5,7-9,11-17H2,1-2H3/t18-,19+,21+,23+,25-,26+,27?/m1/s1. The Morgan fingerprint density at radius 1 is 1.14 bits per heavy atom. The number of furan rings is 1. The normalized spacial score (nSPS) is 37.7. The average Bonchev–Trinajstić information content (AvgIpc) is 3.35. The highest BCUT2D eigenvalue weighted by Crippen LogP contribution is 2.69. The summed E-state index contributed by atoms with van der Waals surface area (Å²) >= 11 is 0. The molecule has 3 aliphatic carbocycles. The van der Waals surface area contributed by atoms with Crippen LogP contribution >= 0.6 is 0 Å². The van der Waals surface area contributed by atoms with Crippen LogP contribution in [0.25, 0.3) is 0 Å². The van der Waals surface area contributed by atoms with E-state index in [0.717, 1.165) is 44.3 Å². The minimum absolute atomic E-state index is 0.0126. The van der Waals surface area contributed by atoms with E-state index in [9.17, 15) is 4.79 Å². The molecule has 1 saturated heterocycles. The lowest BCUT2D eigenvalue weighted by molar-refractivity contribution is -0.333. The quantitative estimate of drug-likeness (QED) is 0.393. The molecule has 5 rings (SSSR count). The number of hydrogen-bond donors (Lipinski definition) is 1. The highest BCUT2D eigenvalue weighted by molar-refractivity contribution is 5.78. The second-order valence-corrected chi connectivity index (χ2v) is 10.8. The first-order chi connectivity index (χ1) is 17.1. The van der Waals surface area contributed by atoms with Gasteiger partial charge in [0.15, 0.2) is 6.29 Å². The molecule has 3 fully saturated rings. The molecule has 8 heteroatoms. The predicted molar refractivity (Wildman–Crippen MR) is 126 cm³/mol. The number of rotatable bonds is 10. The second-order valence-electron chi connectivity index (χ2n) is 10.8. The van der Waals surface area contributed by atoms with Crippen LogP contribution in [0.15, 0.2) is 16.7 Å². The van der Waals surface area contributed by atoms with Crippen molar-refractivity contribution in [3.05, 3.63) is 23.7 Å². The van der Waals surface area contributed by atoms with Gasteiger partial charge >= 0.3 is 5.97 Å². The summed E-state index contributed by atoms with van der Waals surface area (Å²) in [6.07, 6.45) is 7.18. The first-order valence-corrected chi connectivity index (χ1v) is 13.2. The lowest BCUT2D eigenvalue weighted by atomic mass is 9.41. The Kier molecular flexibility index (Phi) is 7.56. The lowest BCUT2D eigenvalue weighted by Gasteiger charge is -2.66. The number of methoxy groups -OCH3 is 1. The van der Waals surface area contributed by atoms with Crippen LogP contribution in [0, 0.1) is 28.6 Å². The fourth-order valence-electron chi connectivity index (χ4n) is 8.13. The Morgan fingerprint density at radius 2 is 1.94 bits per heavy atom. The minimum atomic E-state index is -0.592. The molecule has 0 aromatic carbocycles. The molecule has 2 bridgehead atoms. The molecule has 1 aromatic rings. The largest absolute Gasteiger partial charge is 0.469 e. The predicted octanol–water partition coefficient (Wildman–Crippen LogP) is 3.31. The molecule has 1 N–H and O–H groups in total. The van der Waals surface area contributed by atoms with Crippen molar-refractivity contribution in [1.82, 2.24) is 0 Å². The number of esters is 1. The van der Waals surface area contributed by atoms with Gasteiger partial charge in [-0.05, 0) is 61.0 Å². The molecule has 8 nitrogen and oxygen atoms in total. The van der Waals surface area contributed by atoms with Crippen LogP contribution in [0.1, 0.15) is 56.3 Å². The van der Waals surface area contributed by atoms with Gasteiger partial charge in [0.2, 0.25) is 0 Å². The van der Waals surface area contributed by atoms with Crippen molar-refractivity contribution in [2.24, 2.45) is 28.6 Å². The van der Waals surface area contributed by atoms with E-state index in [0.29, 0.717) is 57.4 Å². The first kappa shape index (κ1) is 25.2. The monoisotopic (exact) mass is 492 g/mol. The Morgan fingerprint density at radius 3 is 2.74 bits per heavy atom. The van der Waals surface area contributed by atoms with E-state index < -0.39 is 5.41 Å². The number of hydrogen-bond acceptors (Lipinski definition) is 8. The van der Waals surface area contributed by atoms with E-state index >= 15 is 0 Å². The third kappa shape index (κ3) is 4.15. The summed E-state index contributed by atoms with van der Waals surface area (Å²) < 4.78 is 35.2. The van der Waals surface area contributed by atoms with Crippen LogP contribution < -0.4 is 0 Å². The maximum Gasteiger partial charge on any atom is 0.314 e. The summed E-state index contributed by atoms with van der Waals surface area (Å²) in [7, 11) is 1.50. The maximum atomic E-state index is 13.2. The number of carbonyl (C=O) groups excluding carboxylic acids is 1. The number of fused-ring (bicyclic) bond motifs is 2. The second kappa shape index (κ2) is 10.5. The number of carbonyl (C=O) groups is 1. The van der Waals surface area contributed by atoms with Crippen molar-refractivity contribution >= 4 is 5.97 Å². The van der Waals surface area contributed by atoms with Gasteiger partial charge in [-0.15, -0.1) is 0 Å². The van der Waals surface area contributed by atoms with Gasteiger partial charge in [0.25, 0.3) is 0 Å². The van der Waals surface area contributed by atoms with Crippen molar-refractivity contribution < 1.29 is 38.0 Å². The van der Waals surface area contributed by atoms with Crippen LogP contribution in [0.5, 0.6) is 0 Å². The van der Waals surface area contributed by atoms with E-state index in [1.165, 1.54) is 12.7 Å². The highest BCUT2D eigenvalue weighted by atomic mass is 16.7. The average molecular weight is 493 g/mol. The number of aliphatic hydroxyl groups excluding tert-OH is 1. The van der Waals surface area contributed by atoms with Gasteiger partial charge in [-0.2, -0.15) is 0 Å². The van der Waals surface area contributed by atoms with Crippen LogP contribution in [0.3, 0.4) is 0 Å². The smallest absolute Gasteiger partial charge is 0.314 e. The van der Waals surface area contributed by atoms with Crippen LogP contribution in [0.4, 0.5) is 0 Å². The van der Waals surface area contributed by atoms with Gasteiger partial charge in [0.05, 0.1) is 65.0 Å². The molecule has 4 aliphatic rings. The van der Waals surface area contributed by atoms with Gasteiger partial charge in [-0.3, -0.25) is 4.79 Å². The molecule has 2 heterocycles. The first-order valence-electron chi connectivity index (χ1n) is 13.2. The Labute approximate surface area is 207 Å². The minimum Gasteiger partial charge on any atom is -0.469 e. The third-order valence-corrected chi connectivity index (χ3v) is 9.49. The molecule has 1 unspecified atom stereocenters. The summed E-state index contributed by atoms with van der Waals surface area (Å²) in [4.78, 5) is 13.2. The van der Waals surface area contributed by atoms with E-state index in [1.807, 2.05) is 6.26 Å². The lowest BCUT2D eigenvalue weighted by Crippen LogP contribution is -2.68. The number of aliphatic hydroxyl groups is 1. The molecule has 35 heavy (non-hydrogen) atoms. The summed E-state index contributed by atoms with van der Waals surface area (Å²) in [6.45, 7) is 4.77. The molecule has 1 aromatic heterocycles. The third-order valence-electron chi connectivity index (χ3n) is 9.49. The topological polar surface area (TPSA) is 96.6 Å². The summed E-state index contributed by atoms with van der Waals surface area (Å²) in [5, 5.41) is 8.79. The van der Waals surface area contributed by atoms with Crippen LogP contribution in [-0.4, -0.2) is 70.7 Å². The molecular weight excluding hydrogens is 452 g/mol. The van der Waals surface area contributed by atoms with Crippen molar-refractivity contribution in [2.45, 2.75) is 57.7 Å². The van der Waals surface area contributed by atoms with Gasteiger partial charge in [-0.25, -0.2) is 0 Å². The Hall–Kier alpha value is -1.45. The van der Waals surface area contributed by atoms with Crippen molar-refractivity contribution in [3.8, 4) is 0 Å². The van der Waals surface area contributed by atoms with Crippen molar-refractivity contribution in [3.63, 3.8) is 0 Å². The van der Waals surface area contributed by atoms with Crippen LogP contribution in [-0.2, 0) is 34.9 Å². The van der Waals surface area contributed by atoms with Crippen molar-refractivity contribution in [2.75, 3.05) is 53.4 Å². The SMILES string of the molecule is COC(=O)[C@@]12CCCC3([C@H](OCCOCCOCCO)OC1)[C@H]2CC[C@H]1[C@@H](C)c2ccoc2C[C@@H]13. The van der Waals surface area contributed by atoms with E-state index in [1.54, 1.807) is 0 Å². The summed E-state index contributed by atoms with van der Waals surface area (Å²) in [5.41, 5.74) is 0.490. The van der Waals surface area contributed by atoms with Gasteiger partial charge in [-0.1, -0.05) is 13.3 Å². The Bertz CT molecular complexity index is 869. The summed E-state index contributed by atoms with van der Waals surface area (Å²) in [5.74, 6) is 2.38. The fraction of sp³-hybridized carbons (Fsp3) is 0.815. The molecule has 1 aliphatic heterocycles.